The van der Waals surface area contributed by atoms with E-state index in [-0.39, 0.29) is 6.54 Å². The Morgan fingerprint density at radius 1 is 1.15 bits per heavy atom. The SMILES string of the molecule is O=C(NCc1cn[nH]n1)OC1Cc2ccccc2C#Cc2ccccc21. The lowest BCUT2D eigenvalue weighted by Gasteiger charge is -2.21. The zero-order chi connectivity index (χ0) is 17.8. The van der Waals surface area contributed by atoms with Gasteiger partial charge in [-0.05, 0) is 17.7 Å². The van der Waals surface area contributed by atoms with Gasteiger partial charge in [-0.1, -0.05) is 48.2 Å². The normalized spacial score (nSPS) is 14.7. The van der Waals surface area contributed by atoms with Gasteiger partial charge >= 0.3 is 6.09 Å². The number of fused-ring (bicyclic) bond motifs is 2. The summed E-state index contributed by atoms with van der Waals surface area (Å²) in [5.41, 5.74) is 4.43. The van der Waals surface area contributed by atoms with Gasteiger partial charge in [0.2, 0.25) is 0 Å². The lowest BCUT2D eigenvalue weighted by molar-refractivity contribution is 0.0967. The molecule has 3 aromatic rings. The van der Waals surface area contributed by atoms with Gasteiger partial charge in [0.1, 0.15) is 11.8 Å². The Morgan fingerprint density at radius 2 is 1.92 bits per heavy atom. The predicted octanol–water partition coefficient (Wildman–Crippen LogP) is 2.73. The number of alkyl carbamates (subject to hydrolysis) is 1. The third-order valence-corrected chi connectivity index (χ3v) is 4.19. The lowest BCUT2D eigenvalue weighted by atomic mass is 9.92. The Labute approximate surface area is 150 Å². The number of hydrogen-bond acceptors (Lipinski definition) is 4. The fourth-order valence-corrected chi connectivity index (χ4v) is 2.91. The van der Waals surface area contributed by atoms with E-state index in [4.69, 9.17) is 4.74 Å². The van der Waals surface area contributed by atoms with Crippen molar-refractivity contribution in [2.45, 2.75) is 19.1 Å². The molecule has 1 amide bonds. The standard InChI is InChI=1S/C20H16N4O2/c25-20(21-12-17-13-22-24-23-17)26-19-11-16-7-2-1-5-14(16)9-10-15-6-3-4-8-18(15)19/h1-8,13,19H,11-12H2,(H,21,25)(H,22,23,24). The Hall–Kier alpha value is -3.59. The largest absolute Gasteiger partial charge is 0.441 e. The summed E-state index contributed by atoms with van der Waals surface area (Å²) in [6, 6.07) is 15.7. The van der Waals surface area contributed by atoms with Crippen molar-refractivity contribution in [3.05, 3.63) is 82.7 Å². The molecule has 0 saturated heterocycles. The van der Waals surface area contributed by atoms with Gasteiger partial charge in [-0.15, -0.1) is 0 Å². The van der Waals surface area contributed by atoms with Gasteiger partial charge in [0.05, 0.1) is 12.7 Å². The molecule has 0 bridgehead atoms. The maximum Gasteiger partial charge on any atom is 0.408 e. The zero-order valence-electron chi connectivity index (χ0n) is 13.9. The van der Waals surface area contributed by atoms with E-state index < -0.39 is 12.2 Å². The summed E-state index contributed by atoms with van der Waals surface area (Å²) >= 11 is 0. The van der Waals surface area contributed by atoms with Crippen LogP contribution in [0.25, 0.3) is 0 Å². The molecule has 0 aliphatic heterocycles. The molecule has 1 heterocycles. The van der Waals surface area contributed by atoms with E-state index in [1.807, 2.05) is 48.5 Å². The summed E-state index contributed by atoms with van der Waals surface area (Å²) in [7, 11) is 0. The summed E-state index contributed by atoms with van der Waals surface area (Å²) in [6.45, 7) is 0.250. The lowest BCUT2D eigenvalue weighted by Crippen LogP contribution is -2.27. The third kappa shape index (κ3) is 3.42. The highest BCUT2D eigenvalue weighted by molar-refractivity contribution is 5.68. The molecule has 0 radical (unpaired) electrons. The van der Waals surface area contributed by atoms with Crippen molar-refractivity contribution in [2.75, 3.05) is 0 Å². The van der Waals surface area contributed by atoms with Crippen LogP contribution in [0.2, 0.25) is 0 Å². The van der Waals surface area contributed by atoms with E-state index in [0.717, 1.165) is 22.3 Å². The van der Waals surface area contributed by atoms with Gasteiger partial charge in [-0.2, -0.15) is 15.4 Å². The molecule has 0 saturated carbocycles. The van der Waals surface area contributed by atoms with Crippen molar-refractivity contribution in [3.8, 4) is 11.8 Å². The number of nitrogens with one attached hydrogen (secondary N) is 2. The molecule has 26 heavy (non-hydrogen) atoms. The van der Waals surface area contributed by atoms with Crippen LogP contribution in [0.3, 0.4) is 0 Å². The average molecular weight is 344 g/mol. The second-order valence-corrected chi connectivity index (χ2v) is 5.91. The van der Waals surface area contributed by atoms with Crippen LogP contribution in [0.15, 0.2) is 54.7 Å². The van der Waals surface area contributed by atoms with E-state index in [1.165, 1.54) is 0 Å². The van der Waals surface area contributed by atoms with Crippen molar-refractivity contribution < 1.29 is 9.53 Å². The number of hydrogen-bond donors (Lipinski definition) is 2. The summed E-state index contributed by atoms with van der Waals surface area (Å²) in [5.74, 6) is 6.41. The minimum atomic E-state index is -0.501. The first-order valence-corrected chi connectivity index (χ1v) is 8.27. The molecule has 0 spiro atoms. The highest BCUT2D eigenvalue weighted by atomic mass is 16.6. The molecule has 1 unspecified atom stereocenters. The van der Waals surface area contributed by atoms with Crippen molar-refractivity contribution in [1.82, 2.24) is 20.7 Å². The number of nitrogens with zero attached hydrogens (tertiary/aromatic N) is 2. The predicted molar refractivity (Wildman–Crippen MR) is 95.0 cm³/mol. The quantitative estimate of drug-likeness (QED) is 0.716. The maximum absolute atomic E-state index is 12.3. The summed E-state index contributed by atoms with van der Waals surface area (Å²) in [5, 5.41) is 12.8. The number of amides is 1. The topological polar surface area (TPSA) is 79.9 Å². The van der Waals surface area contributed by atoms with Gasteiger partial charge in [-0.3, -0.25) is 0 Å². The van der Waals surface area contributed by atoms with Crippen molar-refractivity contribution in [3.63, 3.8) is 0 Å². The number of benzene rings is 2. The fraction of sp³-hybridized carbons (Fsp3) is 0.150. The molecule has 1 aromatic heterocycles. The van der Waals surface area contributed by atoms with E-state index >= 15 is 0 Å². The number of aromatic amines is 1. The molecular formula is C20H16N4O2. The van der Waals surface area contributed by atoms with E-state index in [1.54, 1.807) is 6.20 Å². The van der Waals surface area contributed by atoms with Crippen LogP contribution in [0, 0.1) is 11.8 Å². The summed E-state index contributed by atoms with van der Waals surface area (Å²) < 4.78 is 5.73. The van der Waals surface area contributed by atoms with Crippen LogP contribution in [-0.4, -0.2) is 21.5 Å². The first-order chi connectivity index (χ1) is 12.8. The zero-order valence-corrected chi connectivity index (χ0v) is 13.9. The fourth-order valence-electron chi connectivity index (χ4n) is 2.91. The van der Waals surface area contributed by atoms with E-state index in [2.05, 4.69) is 32.6 Å². The van der Waals surface area contributed by atoms with Crippen molar-refractivity contribution >= 4 is 6.09 Å². The Balaban J connectivity index is 1.58. The Morgan fingerprint density at radius 3 is 2.77 bits per heavy atom. The Bertz CT molecular complexity index is 986. The molecule has 0 fully saturated rings. The first-order valence-electron chi connectivity index (χ1n) is 8.27. The minimum Gasteiger partial charge on any atom is -0.441 e. The van der Waals surface area contributed by atoms with Gasteiger partial charge in [0.25, 0.3) is 0 Å². The number of carbonyl (C=O) groups excluding carboxylic acids is 1. The smallest absolute Gasteiger partial charge is 0.408 e. The summed E-state index contributed by atoms with van der Waals surface area (Å²) in [6.07, 6.45) is 1.20. The highest BCUT2D eigenvalue weighted by Crippen LogP contribution is 2.28. The Kier molecular flexibility index (Phi) is 4.35. The number of rotatable bonds is 3. The molecular weight excluding hydrogens is 328 g/mol. The van der Waals surface area contributed by atoms with Crippen molar-refractivity contribution in [1.29, 1.82) is 0 Å². The number of carbonyl (C=O) groups is 1. The van der Waals surface area contributed by atoms with Crippen molar-refractivity contribution in [2.24, 2.45) is 0 Å². The van der Waals surface area contributed by atoms with Gasteiger partial charge < -0.3 is 10.1 Å². The second kappa shape index (κ2) is 7.11. The first kappa shape index (κ1) is 15.9. The van der Waals surface area contributed by atoms with Crippen LogP contribution in [0.4, 0.5) is 4.79 Å². The van der Waals surface area contributed by atoms with E-state index in [0.29, 0.717) is 12.1 Å². The molecule has 1 atom stereocenters. The molecule has 4 rings (SSSR count). The minimum absolute atomic E-state index is 0.250. The summed E-state index contributed by atoms with van der Waals surface area (Å²) in [4.78, 5) is 12.3. The molecule has 6 nitrogen and oxygen atoms in total. The number of ether oxygens (including phenoxy) is 1. The maximum atomic E-state index is 12.3. The van der Waals surface area contributed by atoms with Crippen LogP contribution in [0.5, 0.6) is 0 Å². The number of H-pyrrole nitrogens is 1. The molecule has 6 heteroatoms. The average Bonchev–Trinajstić information content (AvgIpc) is 3.17. The van der Waals surface area contributed by atoms with Crippen LogP contribution >= 0.6 is 0 Å². The van der Waals surface area contributed by atoms with Crippen LogP contribution in [-0.2, 0) is 17.7 Å². The third-order valence-electron chi connectivity index (χ3n) is 4.19. The highest BCUT2D eigenvalue weighted by Gasteiger charge is 2.22. The number of aromatic nitrogens is 3. The molecule has 2 N–H and O–H groups in total. The van der Waals surface area contributed by atoms with Gasteiger partial charge in [-0.25, -0.2) is 4.79 Å². The molecule has 1 aliphatic rings. The van der Waals surface area contributed by atoms with Crippen LogP contribution < -0.4 is 5.32 Å². The van der Waals surface area contributed by atoms with Gasteiger partial charge in [0.15, 0.2) is 0 Å². The molecule has 1 aliphatic carbocycles. The molecule has 2 aromatic carbocycles. The molecule has 128 valence electrons. The van der Waals surface area contributed by atoms with Gasteiger partial charge in [0, 0.05) is 23.1 Å². The van der Waals surface area contributed by atoms with E-state index in [9.17, 15) is 4.79 Å². The van der Waals surface area contributed by atoms with Crippen LogP contribution in [0.1, 0.15) is 34.1 Å². The monoisotopic (exact) mass is 344 g/mol. The second-order valence-electron chi connectivity index (χ2n) is 5.91.